The van der Waals surface area contributed by atoms with Crippen LogP contribution < -0.4 is 0 Å². The van der Waals surface area contributed by atoms with Crippen LogP contribution in [0.1, 0.15) is 44.3 Å². The molecule has 2 aliphatic rings. The van der Waals surface area contributed by atoms with E-state index in [4.69, 9.17) is 0 Å². The summed E-state index contributed by atoms with van der Waals surface area (Å²) in [5, 5.41) is 0. The average Bonchev–Trinajstić information content (AvgIpc) is 3.03. The molecule has 0 N–H and O–H groups in total. The van der Waals surface area contributed by atoms with Crippen LogP contribution in [0.25, 0.3) is 0 Å². The van der Waals surface area contributed by atoms with Gasteiger partial charge < -0.3 is 4.57 Å². The lowest BCUT2D eigenvalue weighted by Crippen LogP contribution is -2.16. The highest BCUT2D eigenvalue weighted by molar-refractivity contribution is 5.78. The maximum absolute atomic E-state index is 12.0. The van der Waals surface area contributed by atoms with Crippen molar-refractivity contribution in [3.8, 4) is 0 Å². The first-order chi connectivity index (χ1) is 8.72. The maximum atomic E-state index is 12.0. The number of rotatable bonds is 5. The van der Waals surface area contributed by atoms with Crippen LogP contribution in [0.15, 0.2) is 12.4 Å². The van der Waals surface area contributed by atoms with Crippen LogP contribution in [0.2, 0.25) is 0 Å². The third-order valence-corrected chi connectivity index (χ3v) is 4.92. The number of aromatic nitrogens is 2. The molecule has 18 heavy (non-hydrogen) atoms. The van der Waals surface area contributed by atoms with Gasteiger partial charge in [-0.25, -0.2) is 4.98 Å². The Morgan fingerprint density at radius 2 is 2.33 bits per heavy atom. The lowest BCUT2D eigenvalue weighted by molar-refractivity contribution is -0.120. The summed E-state index contributed by atoms with van der Waals surface area (Å²) in [6.45, 7) is 0. The predicted molar refractivity (Wildman–Crippen MR) is 70.1 cm³/mol. The van der Waals surface area contributed by atoms with E-state index in [2.05, 4.69) is 4.98 Å². The van der Waals surface area contributed by atoms with Gasteiger partial charge in [-0.3, -0.25) is 4.79 Å². The third-order valence-electron chi connectivity index (χ3n) is 4.92. The molecule has 2 bridgehead atoms. The Bertz CT molecular complexity index is 437. The molecule has 0 radical (unpaired) electrons. The molecule has 3 heteroatoms. The summed E-state index contributed by atoms with van der Waals surface area (Å²) >= 11 is 0. The lowest BCUT2D eigenvalue weighted by Gasteiger charge is -2.20. The normalized spacial score (nSPS) is 29.9. The van der Waals surface area contributed by atoms with Gasteiger partial charge in [0, 0.05) is 38.7 Å². The van der Waals surface area contributed by atoms with Crippen molar-refractivity contribution in [3.05, 3.63) is 18.2 Å². The first-order valence-corrected chi connectivity index (χ1v) is 7.20. The zero-order chi connectivity index (χ0) is 12.5. The van der Waals surface area contributed by atoms with Gasteiger partial charge in [-0.05, 0) is 37.0 Å². The molecular formula is C15H22N2O. The molecule has 1 heterocycles. The third kappa shape index (κ3) is 2.36. The fourth-order valence-electron chi connectivity index (χ4n) is 3.91. The number of carbonyl (C=O) groups excluding carboxylic acids is 1. The summed E-state index contributed by atoms with van der Waals surface area (Å²) in [6, 6.07) is 0. The van der Waals surface area contributed by atoms with Gasteiger partial charge in [0.1, 0.15) is 11.6 Å². The van der Waals surface area contributed by atoms with Crippen molar-refractivity contribution >= 4 is 5.78 Å². The molecule has 0 aromatic carbocycles. The van der Waals surface area contributed by atoms with Crippen molar-refractivity contribution in [3.63, 3.8) is 0 Å². The van der Waals surface area contributed by atoms with E-state index in [-0.39, 0.29) is 0 Å². The van der Waals surface area contributed by atoms with E-state index in [1.807, 2.05) is 17.8 Å². The van der Waals surface area contributed by atoms with E-state index in [0.717, 1.165) is 30.5 Å². The summed E-state index contributed by atoms with van der Waals surface area (Å²) in [6.07, 6.45) is 11.5. The predicted octanol–water partition coefficient (Wildman–Crippen LogP) is 2.75. The molecule has 1 aromatic heterocycles. The van der Waals surface area contributed by atoms with Crippen molar-refractivity contribution in [1.82, 2.24) is 9.55 Å². The summed E-state index contributed by atoms with van der Waals surface area (Å²) in [7, 11) is 1.99. The first-order valence-electron chi connectivity index (χ1n) is 7.20. The smallest absolute Gasteiger partial charge is 0.133 e. The van der Waals surface area contributed by atoms with Crippen molar-refractivity contribution in [2.75, 3.05) is 0 Å². The van der Waals surface area contributed by atoms with Crippen LogP contribution in [0.4, 0.5) is 0 Å². The molecule has 3 atom stereocenters. The molecule has 0 amide bonds. The second kappa shape index (κ2) is 4.87. The SMILES string of the molecule is Cn1ccnc1CCC(=O)CC1CC2CCC1C2. The minimum absolute atomic E-state index is 0.440. The van der Waals surface area contributed by atoms with E-state index in [1.165, 1.54) is 25.7 Å². The van der Waals surface area contributed by atoms with Crippen LogP contribution in [0, 0.1) is 17.8 Å². The van der Waals surface area contributed by atoms with Gasteiger partial charge in [0.2, 0.25) is 0 Å². The molecule has 0 saturated heterocycles. The topological polar surface area (TPSA) is 34.9 Å². The van der Waals surface area contributed by atoms with Crippen molar-refractivity contribution < 1.29 is 4.79 Å². The number of Topliss-reactive ketones (excluding diaryl/α,β-unsaturated/α-hetero) is 1. The number of aryl methyl sites for hydroxylation is 2. The van der Waals surface area contributed by atoms with Crippen LogP contribution in [0.3, 0.4) is 0 Å². The number of nitrogens with zero attached hydrogens (tertiary/aromatic N) is 2. The van der Waals surface area contributed by atoms with Gasteiger partial charge in [-0.1, -0.05) is 6.42 Å². The molecule has 0 aliphatic heterocycles. The Hall–Kier alpha value is -1.12. The van der Waals surface area contributed by atoms with Crippen LogP contribution in [-0.4, -0.2) is 15.3 Å². The second-order valence-corrected chi connectivity index (χ2v) is 6.13. The Labute approximate surface area is 109 Å². The van der Waals surface area contributed by atoms with E-state index in [0.29, 0.717) is 18.1 Å². The molecule has 0 spiro atoms. The number of hydrogen-bond donors (Lipinski definition) is 0. The highest BCUT2D eigenvalue weighted by Gasteiger charge is 2.39. The Balaban J connectivity index is 1.46. The van der Waals surface area contributed by atoms with Gasteiger partial charge in [0.25, 0.3) is 0 Å². The fourth-order valence-corrected chi connectivity index (χ4v) is 3.91. The zero-order valence-corrected chi connectivity index (χ0v) is 11.1. The highest BCUT2D eigenvalue weighted by atomic mass is 16.1. The highest BCUT2D eigenvalue weighted by Crippen LogP contribution is 2.49. The van der Waals surface area contributed by atoms with Gasteiger partial charge in [0.05, 0.1) is 0 Å². The summed E-state index contributed by atoms with van der Waals surface area (Å²) in [5.74, 6) is 3.99. The minimum Gasteiger partial charge on any atom is -0.338 e. The quantitative estimate of drug-likeness (QED) is 0.800. The monoisotopic (exact) mass is 246 g/mol. The van der Waals surface area contributed by atoms with Crippen LogP contribution in [-0.2, 0) is 18.3 Å². The van der Waals surface area contributed by atoms with Gasteiger partial charge in [-0.15, -0.1) is 0 Å². The minimum atomic E-state index is 0.440. The molecule has 1 aromatic rings. The molecular weight excluding hydrogens is 224 g/mol. The van der Waals surface area contributed by atoms with Crippen molar-refractivity contribution in [2.45, 2.75) is 44.9 Å². The lowest BCUT2D eigenvalue weighted by atomic mass is 9.84. The first kappa shape index (κ1) is 11.9. The van der Waals surface area contributed by atoms with Gasteiger partial charge in [0.15, 0.2) is 0 Å². The number of carbonyl (C=O) groups is 1. The zero-order valence-electron chi connectivity index (χ0n) is 11.1. The van der Waals surface area contributed by atoms with Gasteiger partial charge >= 0.3 is 0 Å². The number of imidazole rings is 1. The molecule has 98 valence electrons. The number of ketones is 1. The number of hydrogen-bond acceptors (Lipinski definition) is 2. The maximum Gasteiger partial charge on any atom is 0.133 e. The molecule has 2 aliphatic carbocycles. The van der Waals surface area contributed by atoms with E-state index in [1.54, 1.807) is 6.20 Å². The Kier molecular flexibility index (Phi) is 3.23. The summed E-state index contributed by atoms with van der Waals surface area (Å²) in [4.78, 5) is 16.3. The van der Waals surface area contributed by atoms with Gasteiger partial charge in [-0.2, -0.15) is 0 Å². The van der Waals surface area contributed by atoms with Crippen molar-refractivity contribution in [1.29, 1.82) is 0 Å². The standard InChI is InChI=1S/C15H22N2O/c1-17-7-6-16-15(17)5-4-14(18)10-13-9-11-2-3-12(13)8-11/h6-7,11-13H,2-5,8-10H2,1H3. The average molecular weight is 246 g/mol. The second-order valence-electron chi connectivity index (χ2n) is 6.13. The molecule has 2 fully saturated rings. The summed E-state index contributed by atoms with van der Waals surface area (Å²) in [5.41, 5.74) is 0. The Morgan fingerprint density at radius 3 is 2.94 bits per heavy atom. The number of fused-ring (bicyclic) bond motifs is 2. The Morgan fingerprint density at radius 1 is 1.44 bits per heavy atom. The molecule has 2 saturated carbocycles. The molecule has 3 nitrogen and oxygen atoms in total. The van der Waals surface area contributed by atoms with Crippen LogP contribution in [0.5, 0.6) is 0 Å². The molecule has 3 rings (SSSR count). The fraction of sp³-hybridized carbons (Fsp3) is 0.733. The van der Waals surface area contributed by atoms with E-state index >= 15 is 0 Å². The van der Waals surface area contributed by atoms with E-state index in [9.17, 15) is 4.79 Å². The van der Waals surface area contributed by atoms with Crippen molar-refractivity contribution in [2.24, 2.45) is 24.8 Å². The largest absolute Gasteiger partial charge is 0.338 e. The molecule has 3 unspecified atom stereocenters. The van der Waals surface area contributed by atoms with Crippen LogP contribution >= 0.6 is 0 Å². The summed E-state index contributed by atoms with van der Waals surface area (Å²) < 4.78 is 2.00. The van der Waals surface area contributed by atoms with E-state index < -0.39 is 0 Å².